The average Bonchev–Trinajstić information content (AvgIpc) is 3.57. The van der Waals surface area contributed by atoms with Crippen molar-refractivity contribution in [2.45, 2.75) is 64.4 Å². The fourth-order valence-corrected chi connectivity index (χ4v) is 5.21. The molecule has 3 amide bonds. The number of amides is 3. The average molecular weight is 610 g/mol. The van der Waals surface area contributed by atoms with Crippen molar-refractivity contribution in [2.75, 3.05) is 11.9 Å². The van der Waals surface area contributed by atoms with E-state index in [0.717, 1.165) is 16.7 Å². The summed E-state index contributed by atoms with van der Waals surface area (Å²) in [6.45, 7) is 8.39. The molecule has 0 saturated carbocycles. The van der Waals surface area contributed by atoms with Crippen LogP contribution in [0.5, 0.6) is 0 Å². The number of hydrogen-bond acceptors (Lipinski definition) is 6. The van der Waals surface area contributed by atoms with Gasteiger partial charge in [0.1, 0.15) is 17.2 Å². The van der Waals surface area contributed by atoms with E-state index in [0.29, 0.717) is 5.82 Å². The normalized spacial score (nSPS) is 13.4. The third kappa shape index (κ3) is 7.58. The van der Waals surface area contributed by atoms with Crippen molar-refractivity contribution < 1.29 is 23.9 Å². The molecular formula is C35H39N5O5. The number of nitrogens with one attached hydrogen (secondary N) is 3. The summed E-state index contributed by atoms with van der Waals surface area (Å²) in [6.07, 6.45) is 2.72. The Bertz CT molecular complexity index is 1630. The molecule has 1 heterocycles. The van der Waals surface area contributed by atoms with Crippen LogP contribution >= 0.6 is 0 Å². The molecular weight excluding hydrogens is 570 g/mol. The van der Waals surface area contributed by atoms with Crippen molar-refractivity contribution >= 4 is 23.7 Å². The van der Waals surface area contributed by atoms with Crippen molar-refractivity contribution in [3.8, 4) is 11.1 Å². The standard InChI is InChI=1S/C35H39N5O5/c1-34(2,3)45-33(43)39-35(4,5)32(42)37-28(21-44-20-23-13-7-6-8-14-23)31(41)38-29-19-40(22-36-29)30-26-17-11-9-15-24(26)25-16-10-12-18-27(25)30/h6-19,22,28,30H,20-21H2,1-5H3,(H,37,42)(H,38,41)(H,39,43). The van der Waals surface area contributed by atoms with Gasteiger partial charge in [-0.15, -0.1) is 0 Å². The lowest BCUT2D eigenvalue weighted by Gasteiger charge is -2.29. The predicted molar refractivity (Wildman–Crippen MR) is 171 cm³/mol. The lowest BCUT2D eigenvalue weighted by atomic mass is 10.0. The molecule has 1 unspecified atom stereocenters. The molecule has 4 aromatic rings. The number of rotatable bonds is 10. The second-order valence-electron chi connectivity index (χ2n) is 12.6. The second kappa shape index (κ2) is 13.0. The molecule has 0 radical (unpaired) electrons. The second-order valence-corrected chi connectivity index (χ2v) is 12.6. The van der Waals surface area contributed by atoms with E-state index in [-0.39, 0.29) is 19.3 Å². The minimum Gasteiger partial charge on any atom is -0.444 e. The maximum absolute atomic E-state index is 13.6. The highest BCUT2D eigenvalue weighted by atomic mass is 16.6. The molecule has 1 aliphatic carbocycles. The van der Waals surface area contributed by atoms with Gasteiger partial charge in [-0.3, -0.25) is 9.59 Å². The van der Waals surface area contributed by atoms with Crippen molar-refractivity contribution in [3.05, 3.63) is 108 Å². The van der Waals surface area contributed by atoms with E-state index >= 15 is 0 Å². The van der Waals surface area contributed by atoms with Gasteiger partial charge in [-0.1, -0.05) is 78.9 Å². The van der Waals surface area contributed by atoms with Gasteiger partial charge in [0.25, 0.3) is 5.91 Å². The summed E-state index contributed by atoms with van der Waals surface area (Å²) in [5, 5.41) is 8.15. The quantitative estimate of drug-likeness (QED) is 0.194. The Morgan fingerprint density at radius 3 is 2.09 bits per heavy atom. The highest BCUT2D eigenvalue weighted by molar-refractivity contribution is 5.98. The van der Waals surface area contributed by atoms with E-state index in [9.17, 15) is 14.4 Å². The topological polar surface area (TPSA) is 124 Å². The fraction of sp³-hybridized carbons (Fsp3) is 0.314. The zero-order valence-corrected chi connectivity index (χ0v) is 26.2. The first kappa shape index (κ1) is 31.5. The van der Waals surface area contributed by atoms with Crippen molar-refractivity contribution in [1.82, 2.24) is 20.2 Å². The SMILES string of the molecule is CC(C)(C)OC(=O)NC(C)(C)C(=O)NC(COCc1ccccc1)C(=O)Nc1cn(C2c3ccccc3-c3ccccc32)cn1. The first-order valence-electron chi connectivity index (χ1n) is 14.9. The monoisotopic (exact) mass is 609 g/mol. The van der Waals surface area contributed by atoms with E-state index in [1.807, 2.05) is 59.2 Å². The van der Waals surface area contributed by atoms with Gasteiger partial charge in [-0.05, 0) is 62.4 Å². The van der Waals surface area contributed by atoms with Gasteiger partial charge >= 0.3 is 6.09 Å². The summed E-state index contributed by atoms with van der Waals surface area (Å²) in [5.74, 6) is -0.765. The molecule has 45 heavy (non-hydrogen) atoms. The molecule has 3 N–H and O–H groups in total. The van der Waals surface area contributed by atoms with E-state index in [2.05, 4.69) is 45.2 Å². The van der Waals surface area contributed by atoms with Gasteiger partial charge < -0.3 is 30.0 Å². The zero-order chi connectivity index (χ0) is 32.2. The largest absolute Gasteiger partial charge is 0.444 e. The molecule has 0 aliphatic heterocycles. The molecule has 0 spiro atoms. The minimum absolute atomic E-state index is 0.0972. The van der Waals surface area contributed by atoms with E-state index in [1.165, 1.54) is 25.0 Å². The number of benzene rings is 3. The predicted octanol–water partition coefficient (Wildman–Crippen LogP) is 5.44. The lowest BCUT2D eigenvalue weighted by molar-refractivity contribution is -0.131. The van der Waals surface area contributed by atoms with Crippen LogP contribution in [0.15, 0.2) is 91.4 Å². The van der Waals surface area contributed by atoms with Crippen LogP contribution in [0, 0.1) is 0 Å². The molecule has 1 aliphatic rings. The van der Waals surface area contributed by atoms with Crippen LogP contribution in [-0.2, 0) is 25.7 Å². The molecule has 0 bridgehead atoms. The molecule has 234 valence electrons. The van der Waals surface area contributed by atoms with Crippen LogP contribution in [0.25, 0.3) is 11.1 Å². The molecule has 10 heteroatoms. The van der Waals surface area contributed by atoms with Gasteiger partial charge in [0, 0.05) is 6.20 Å². The number of alkyl carbamates (subject to hydrolysis) is 1. The van der Waals surface area contributed by atoms with Crippen molar-refractivity contribution in [1.29, 1.82) is 0 Å². The minimum atomic E-state index is -1.38. The summed E-state index contributed by atoms with van der Waals surface area (Å²) in [5.41, 5.74) is 3.42. The van der Waals surface area contributed by atoms with Gasteiger partial charge in [0.05, 0.1) is 25.6 Å². The Kier molecular flexibility index (Phi) is 9.06. The summed E-state index contributed by atoms with van der Waals surface area (Å²) in [4.78, 5) is 43.8. The van der Waals surface area contributed by atoms with Crippen LogP contribution in [0.2, 0.25) is 0 Å². The molecule has 1 aromatic heterocycles. The number of anilines is 1. The summed E-state index contributed by atoms with van der Waals surface area (Å²) in [6, 6.07) is 24.8. The Morgan fingerprint density at radius 2 is 1.47 bits per heavy atom. The van der Waals surface area contributed by atoms with E-state index in [4.69, 9.17) is 9.47 Å². The molecule has 1 atom stereocenters. The molecule has 10 nitrogen and oxygen atoms in total. The van der Waals surface area contributed by atoms with E-state index in [1.54, 1.807) is 33.3 Å². The number of ether oxygens (including phenoxy) is 2. The van der Waals surface area contributed by atoms with Crippen LogP contribution in [0.4, 0.5) is 10.6 Å². The van der Waals surface area contributed by atoms with Gasteiger partial charge in [-0.2, -0.15) is 0 Å². The summed E-state index contributed by atoms with van der Waals surface area (Å²) < 4.78 is 13.1. The number of aromatic nitrogens is 2. The number of fused-ring (bicyclic) bond motifs is 3. The highest BCUT2D eigenvalue weighted by Gasteiger charge is 2.35. The number of imidazole rings is 1. The fourth-order valence-electron chi connectivity index (χ4n) is 5.21. The first-order valence-corrected chi connectivity index (χ1v) is 14.9. The first-order chi connectivity index (χ1) is 21.4. The summed E-state index contributed by atoms with van der Waals surface area (Å²) >= 11 is 0. The molecule has 5 rings (SSSR count). The van der Waals surface area contributed by atoms with Gasteiger partial charge in [-0.25, -0.2) is 9.78 Å². The lowest BCUT2D eigenvalue weighted by Crippen LogP contribution is -2.59. The highest BCUT2D eigenvalue weighted by Crippen LogP contribution is 2.45. The molecule has 0 fully saturated rings. The molecule has 3 aromatic carbocycles. The van der Waals surface area contributed by atoms with Crippen molar-refractivity contribution in [3.63, 3.8) is 0 Å². The Labute approximate surface area is 263 Å². The number of carbonyl (C=O) groups excluding carboxylic acids is 3. The Hall–Kier alpha value is -4.96. The summed E-state index contributed by atoms with van der Waals surface area (Å²) in [7, 11) is 0. The van der Waals surface area contributed by atoms with Crippen molar-refractivity contribution in [2.24, 2.45) is 0 Å². The Morgan fingerprint density at radius 1 is 0.867 bits per heavy atom. The maximum Gasteiger partial charge on any atom is 0.408 e. The third-order valence-electron chi connectivity index (χ3n) is 7.35. The van der Waals surface area contributed by atoms with Crippen LogP contribution in [0.1, 0.15) is 57.4 Å². The zero-order valence-electron chi connectivity index (χ0n) is 26.2. The van der Waals surface area contributed by atoms with Gasteiger partial charge in [0.15, 0.2) is 5.82 Å². The van der Waals surface area contributed by atoms with Crippen LogP contribution < -0.4 is 16.0 Å². The van der Waals surface area contributed by atoms with Crippen LogP contribution in [0.3, 0.4) is 0 Å². The maximum atomic E-state index is 13.6. The van der Waals surface area contributed by atoms with Gasteiger partial charge in [0.2, 0.25) is 5.91 Å². The van der Waals surface area contributed by atoms with E-state index < -0.39 is 35.1 Å². The smallest absolute Gasteiger partial charge is 0.408 e. The Balaban J connectivity index is 1.31. The number of nitrogens with zero attached hydrogens (tertiary/aromatic N) is 2. The third-order valence-corrected chi connectivity index (χ3v) is 7.35. The molecule has 0 saturated heterocycles. The number of hydrogen-bond donors (Lipinski definition) is 3. The number of carbonyl (C=O) groups is 3. The van der Waals surface area contributed by atoms with Crippen LogP contribution in [-0.4, -0.2) is 51.2 Å².